The van der Waals surface area contributed by atoms with Crippen LogP contribution in [0.25, 0.3) is 0 Å². The molecule has 0 bridgehead atoms. The van der Waals surface area contributed by atoms with Gasteiger partial charge in [0, 0.05) is 12.1 Å². The summed E-state index contributed by atoms with van der Waals surface area (Å²) < 4.78 is 0. The molecule has 5 heteroatoms. The van der Waals surface area contributed by atoms with Gasteiger partial charge in [-0.05, 0) is 37.0 Å². The maximum atomic E-state index is 12.8. The monoisotopic (exact) mass is 373 g/mol. The van der Waals surface area contributed by atoms with Crippen molar-refractivity contribution in [3.63, 3.8) is 0 Å². The second kappa shape index (κ2) is 7.73. The van der Waals surface area contributed by atoms with E-state index in [1.807, 2.05) is 6.07 Å². The Morgan fingerprint density at radius 1 is 1.15 bits per heavy atom. The Morgan fingerprint density at radius 2 is 2.00 bits per heavy atom. The number of anilines is 1. The Balaban J connectivity index is 1.61. The summed E-state index contributed by atoms with van der Waals surface area (Å²) >= 11 is 1.44. The summed E-state index contributed by atoms with van der Waals surface area (Å²) in [7, 11) is 0. The number of ketones is 1. The molecule has 0 N–H and O–H groups in total. The van der Waals surface area contributed by atoms with Crippen LogP contribution in [0.2, 0.25) is 0 Å². The normalized spacial score (nSPS) is 16.7. The summed E-state index contributed by atoms with van der Waals surface area (Å²) in [4.78, 5) is 20.3. The fourth-order valence-electron chi connectivity index (χ4n) is 3.56. The minimum absolute atomic E-state index is 0.0795. The van der Waals surface area contributed by atoms with Gasteiger partial charge < -0.3 is 4.90 Å². The third-order valence-electron chi connectivity index (χ3n) is 4.90. The molecule has 2 heterocycles. The number of hydrogen-bond donors (Lipinski definition) is 0. The van der Waals surface area contributed by atoms with Crippen LogP contribution in [-0.2, 0) is 0 Å². The zero-order valence-electron chi connectivity index (χ0n) is 14.8. The zero-order chi connectivity index (χ0) is 18.6. The van der Waals surface area contributed by atoms with E-state index in [0.29, 0.717) is 22.0 Å². The number of thiazole rings is 1. The first-order valence-electron chi connectivity index (χ1n) is 9.08. The second-order valence-electron chi connectivity index (χ2n) is 6.64. The van der Waals surface area contributed by atoms with Crippen molar-refractivity contribution >= 4 is 22.3 Å². The topological polar surface area (TPSA) is 57.0 Å². The van der Waals surface area contributed by atoms with Gasteiger partial charge in [-0.3, -0.25) is 4.79 Å². The van der Waals surface area contributed by atoms with E-state index in [2.05, 4.69) is 40.2 Å². The summed E-state index contributed by atoms with van der Waals surface area (Å²) in [5.74, 6) is -0.0795. The molecule has 134 valence electrons. The first-order chi connectivity index (χ1) is 13.3. The van der Waals surface area contributed by atoms with Gasteiger partial charge >= 0.3 is 0 Å². The molecule has 4 nitrogen and oxygen atoms in total. The molecular weight excluding hydrogens is 354 g/mol. The van der Waals surface area contributed by atoms with Gasteiger partial charge in [0.2, 0.25) is 5.78 Å². The third kappa shape index (κ3) is 3.62. The SMILES string of the molecule is N#Cc1cccc(C(=O)c2cnc(N3CCCCC3c3ccccc3)s2)c1. The number of piperidine rings is 1. The van der Waals surface area contributed by atoms with Crippen LogP contribution in [-0.4, -0.2) is 17.3 Å². The molecule has 1 saturated heterocycles. The highest BCUT2D eigenvalue weighted by molar-refractivity contribution is 7.17. The van der Waals surface area contributed by atoms with E-state index < -0.39 is 0 Å². The molecule has 0 amide bonds. The van der Waals surface area contributed by atoms with Gasteiger partial charge in [0.05, 0.1) is 28.7 Å². The van der Waals surface area contributed by atoms with E-state index in [9.17, 15) is 4.79 Å². The van der Waals surface area contributed by atoms with Gasteiger partial charge in [-0.2, -0.15) is 5.26 Å². The largest absolute Gasteiger partial charge is 0.341 e. The van der Waals surface area contributed by atoms with Gasteiger partial charge in [0.1, 0.15) is 0 Å². The smallest absolute Gasteiger partial charge is 0.204 e. The first kappa shape index (κ1) is 17.4. The number of nitrogens with zero attached hydrogens (tertiary/aromatic N) is 3. The molecule has 1 aliphatic heterocycles. The van der Waals surface area contributed by atoms with E-state index in [0.717, 1.165) is 24.5 Å². The van der Waals surface area contributed by atoms with Crippen LogP contribution in [0.15, 0.2) is 60.8 Å². The van der Waals surface area contributed by atoms with Gasteiger partial charge in [0.15, 0.2) is 5.13 Å². The van der Waals surface area contributed by atoms with E-state index in [1.165, 1.54) is 23.3 Å². The van der Waals surface area contributed by atoms with Gasteiger partial charge in [-0.1, -0.05) is 53.8 Å². The molecule has 1 fully saturated rings. The number of nitriles is 1. The number of rotatable bonds is 4. The molecule has 2 aromatic carbocycles. The molecule has 1 aromatic heterocycles. The van der Waals surface area contributed by atoms with Crippen molar-refractivity contribution in [3.05, 3.63) is 82.4 Å². The first-order valence-corrected chi connectivity index (χ1v) is 9.90. The molecule has 3 aromatic rings. The summed E-state index contributed by atoms with van der Waals surface area (Å²) in [5, 5.41) is 9.94. The molecule has 0 radical (unpaired) electrons. The molecule has 1 aliphatic rings. The van der Waals surface area contributed by atoms with Crippen molar-refractivity contribution in [1.29, 1.82) is 5.26 Å². The lowest BCUT2D eigenvalue weighted by atomic mass is 9.96. The second-order valence-corrected chi connectivity index (χ2v) is 7.65. The number of carbonyl (C=O) groups is 1. The molecule has 27 heavy (non-hydrogen) atoms. The summed E-state index contributed by atoms with van der Waals surface area (Å²) in [6.45, 7) is 0.949. The minimum atomic E-state index is -0.0795. The van der Waals surface area contributed by atoms with Crippen molar-refractivity contribution < 1.29 is 4.79 Å². The molecular formula is C22H19N3OS. The van der Waals surface area contributed by atoms with Crippen molar-refractivity contribution in [2.75, 3.05) is 11.4 Å². The highest BCUT2D eigenvalue weighted by Gasteiger charge is 2.27. The predicted octanol–water partition coefficient (Wildman–Crippen LogP) is 4.98. The Morgan fingerprint density at radius 3 is 2.81 bits per heavy atom. The lowest BCUT2D eigenvalue weighted by molar-refractivity contribution is 0.104. The standard InChI is InChI=1S/C22H19N3OS/c23-14-16-7-6-10-18(13-16)21(26)20-15-24-22(27-20)25-12-5-4-11-19(25)17-8-2-1-3-9-17/h1-3,6-10,13,15,19H,4-5,11-12H2. The minimum Gasteiger partial charge on any atom is -0.341 e. The molecule has 0 aliphatic carbocycles. The van der Waals surface area contributed by atoms with Crippen LogP contribution >= 0.6 is 11.3 Å². The Bertz CT molecular complexity index is 990. The summed E-state index contributed by atoms with van der Waals surface area (Å²) in [6.07, 6.45) is 5.10. The average molecular weight is 373 g/mol. The molecule has 1 unspecified atom stereocenters. The van der Waals surface area contributed by atoms with E-state index >= 15 is 0 Å². The molecule has 0 spiro atoms. The van der Waals surface area contributed by atoms with Crippen LogP contribution in [0.4, 0.5) is 5.13 Å². The van der Waals surface area contributed by atoms with Gasteiger partial charge in [-0.25, -0.2) is 4.98 Å². The summed E-state index contributed by atoms with van der Waals surface area (Å²) in [6, 6.07) is 19.7. The molecule has 1 atom stereocenters. The average Bonchev–Trinajstić information content (AvgIpc) is 3.24. The molecule has 0 saturated carbocycles. The van der Waals surface area contributed by atoms with Crippen LogP contribution in [0.3, 0.4) is 0 Å². The summed E-state index contributed by atoms with van der Waals surface area (Å²) in [5.41, 5.74) is 2.32. The van der Waals surface area contributed by atoms with E-state index in [4.69, 9.17) is 5.26 Å². The number of aromatic nitrogens is 1. The van der Waals surface area contributed by atoms with Crippen molar-refractivity contribution in [2.24, 2.45) is 0 Å². The fraction of sp³-hybridized carbons (Fsp3) is 0.227. The van der Waals surface area contributed by atoms with Crippen LogP contribution in [0, 0.1) is 11.3 Å². The Hall–Kier alpha value is -2.97. The predicted molar refractivity (Wildman–Crippen MR) is 107 cm³/mol. The third-order valence-corrected chi connectivity index (χ3v) is 5.94. The van der Waals surface area contributed by atoms with E-state index in [-0.39, 0.29) is 5.78 Å². The fourth-order valence-corrected chi connectivity index (χ4v) is 4.51. The number of benzene rings is 2. The van der Waals surface area contributed by atoms with E-state index in [1.54, 1.807) is 30.5 Å². The highest BCUT2D eigenvalue weighted by atomic mass is 32.1. The number of hydrogen-bond acceptors (Lipinski definition) is 5. The molecule has 4 rings (SSSR count). The van der Waals surface area contributed by atoms with Crippen molar-refractivity contribution in [3.8, 4) is 6.07 Å². The van der Waals surface area contributed by atoms with Crippen LogP contribution in [0.1, 0.15) is 51.7 Å². The lowest BCUT2D eigenvalue weighted by Gasteiger charge is -2.35. The van der Waals surface area contributed by atoms with Crippen LogP contribution in [0.5, 0.6) is 0 Å². The maximum absolute atomic E-state index is 12.8. The van der Waals surface area contributed by atoms with Crippen molar-refractivity contribution in [1.82, 2.24) is 4.98 Å². The van der Waals surface area contributed by atoms with Crippen LogP contribution < -0.4 is 4.90 Å². The quantitative estimate of drug-likeness (QED) is 0.605. The zero-order valence-corrected chi connectivity index (χ0v) is 15.7. The van der Waals surface area contributed by atoms with Gasteiger partial charge in [-0.15, -0.1) is 0 Å². The maximum Gasteiger partial charge on any atom is 0.204 e. The lowest BCUT2D eigenvalue weighted by Crippen LogP contribution is -2.33. The highest BCUT2D eigenvalue weighted by Crippen LogP contribution is 2.37. The Labute approximate surface area is 162 Å². The Kier molecular flexibility index (Phi) is 4.99. The van der Waals surface area contributed by atoms with Crippen molar-refractivity contribution in [2.45, 2.75) is 25.3 Å². The number of carbonyl (C=O) groups excluding carboxylic acids is 1. The van der Waals surface area contributed by atoms with Gasteiger partial charge in [0.25, 0.3) is 0 Å².